The van der Waals surface area contributed by atoms with Gasteiger partial charge in [0.2, 0.25) is 0 Å². The first kappa shape index (κ1) is 21.8. The molecule has 1 heterocycles. The molecule has 0 radical (unpaired) electrons. The third kappa shape index (κ3) is 7.95. The summed E-state index contributed by atoms with van der Waals surface area (Å²) in [5.41, 5.74) is 0. The molecule has 0 aromatic carbocycles. The van der Waals surface area contributed by atoms with E-state index in [1.54, 1.807) is 4.90 Å². The fourth-order valence-electron chi connectivity index (χ4n) is 3.73. The Morgan fingerprint density at radius 2 is 1.70 bits per heavy atom. The van der Waals surface area contributed by atoms with Crippen LogP contribution in [0.2, 0.25) is 0 Å². The van der Waals surface area contributed by atoms with Crippen LogP contribution in [0.1, 0.15) is 58.3 Å². The van der Waals surface area contributed by atoms with Crippen LogP contribution in [0.25, 0.3) is 0 Å². The molecule has 1 aliphatic heterocycles. The lowest BCUT2D eigenvalue weighted by Gasteiger charge is -2.35. The average Bonchev–Trinajstić information content (AvgIpc) is 2.97. The van der Waals surface area contributed by atoms with Gasteiger partial charge in [0, 0.05) is 46.4 Å². The van der Waals surface area contributed by atoms with E-state index in [-0.39, 0.29) is 6.09 Å². The van der Waals surface area contributed by atoms with Gasteiger partial charge < -0.3 is 24.6 Å². The Bertz CT molecular complexity index is 443. The molecule has 0 atom stereocenters. The third-order valence-corrected chi connectivity index (χ3v) is 5.33. The summed E-state index contributed by atoms with van der Waals surface area (Å²) in [5.74, 6) is 0.920. The van der Waals surface area contributed by atoms with E-state index in [9.17, 15) is 4.79 Å². The molecular weight excluding hydrogens is 344 g/mol. The fraction of sp³-hybridized carbons (Fsp3) is 0.900. The molecule has 1 saturated carbocycles. The summed E-state index contributed by atoms with van der Waals surface area (Å²) >= 11 is 0. The first-order chi connectivity index (χ1) is 13.2. The van der Waals surface area contributed by atoms with Gasteiger partial charge in [-0.15, -0.1) is 0 Å². The number of unbranched alkanes of at least 4 members (excludes halogenated alkanes) is 1. The zero-order chi connectivity index (χ0) is 19.3. The lowest BCUT2D eigenvalue weighted by Crippen LogP contribution is -2.54. The number of rotatable bonds is 7. The van der Waals surface area contributed by atoms with Crippen molar-refractivity contribution in [1.29, 1.82) is 0 Å². The zero-order valence-electron chi connectivity index (χ0n) is 17.3. The van der Waals surface area contributed by atoms with Crippen LogP contribution in [0.4, 0.5) is 4.79 Å². The van der Waals surface area contributed by atoms with Gasteiger partial charge in [-0.2, -0.15) is 0 Å². The van der Waals surface area contributed by atoms with Crippen LogP contribution in [-0.4, -0.2) is 80.9 Å². The van der Waals surface area contributed by atoms with Crippen molar-refractivity contribution in [3.8, 4) is 0 Å². The predicted molar refractivity (Wildman–Crippen MR) is 108 cm³/mol. The number of carbonyl (C=O) groups is 1. The summed E-state index contributed by atoms with van der Waals surface area (Å²) in [5, 5.41) is 3.44. The molecule has 27 heavy (non-hydrogen) atoms. The van der Waals surface area contributed by atoms with Gasteiger partial charge >= 0.3 is 6.09 Å². The summed E-state index contributed by atoms with van der Waals surface area (Å²) in [7, 11) is 1.81. The standard InChI is InChI=1S/C20H38N4O3/c1-3-26-20(25)24-15-13-23(14-16-24)19(21-2)22-12-8-9-17-27-18-10-6-4-5-7-11-18/h18H,3-17H2,1-2H3,(H,21,22). The van der Waals surface area contributed by atoms with Crippen LogP contribution in [0.15, 0.2) is 4.99 Å². The van der Waals surface area contributed by atoms with Crippen molar-refractivity contribution in [3.63, 3.8) is 0 Å². The molecule has 7 heteroatoms. The number of nitrogens with zero attached hydrogens (tertiary/aromatic N) is 3. The Morgan fingerprint density at radius 1 is 1.04 bits per heavy atom. The Morgan fingerprint density at radius 3 is 2.33 bits per heavy atom. The smallest absolute Gasteiger partial charge is 0.409 e. The van der Waals surface area contributed by atoms with Crippen LogP contribution < -0.4 is 5.32 Å². The van der Waals surface area contributed by atoms with Crippen molar-refractivity contribution in [2.45, 2.75) is 64.4 Å². The van der Waals surface area contributed by atoms with E-state index in [0.29, 0.717) is 25.8 Å². The van der Waals surface area contributed by atoms with Gasteiger partial charge in [0.15, 0.2) is 5.96 Å². The molecule has 2 fully saturated rings. The molecule has 0 aromatic heterocycles. The Kier molecular flexibility index (Phi) is 10.3. The number of carbonyl (C=O) groups excluding carboxylic acids is 1. The minimum absolute atomic E-state index is 0.214. The van der Waals surface area contributed by atoms with Gasteiger partial charge in [-0.05, 0) is 32.6 Å². The zero-order valence-corrected chi connectivity index (χ0v) is 17.3. The molecule has 1 N–H and O–H groups in total. The molecule has 1 saturated heterocycles. The van der Waals surface area contributed by atoms with Gasteiger partial charge in [0.05, 0.1) is 12.7 Å². The van der Waals surface area contributed by atoms with Gasteiger partial charge in [0.25, 0.3) is 0 Å². The maximum Gasteiger partial charge on any atom is 0.409 e. The van der Waals surface area contributed by atoms with Crippen molar-refractivity contribution >= 4 is 12.1 Å². The highest BCUT2D eigenvalue weighted by Crippen LogP contribution is 2.19. The average molecular weight is 383 g/mol. The van der Waals surface area contributed by atoms with Gasteiger partial charge in [-0.25, -0.2) is 4.79 Å². The van der Waals surface area contributed by atoms with E-state index in [0.717, 1.165) is 45.0 Å². The van der Waals surface area contributed by atoms with Crippen molar-refractivity contribution < 1.29 is 14.3 Å². The summed E-state index contributed by atoms with van der Waals surface area (Å²) in [4.78, 5) is 20.1. The molecule has 0 unspecified atom stereocenters. The number of amides is 1. The maximum absolute atomic E-state index is 11.8. The van der Waals surface area contributed by atoms with E-state index in [4.69, 9.17) is 9.47 Å². The first-order valence-electron chi connectivity index (χ1n) is 10.7. The summed E-state index contributed by atoms with van der Waals surface area (Å²) in [6, 6.07) is 0. The number of aliphatic imine (C=N–C) groups is 1. The minimum Gasteiger partial charge on any atom is -0.450 e. The van der Waals surface area contributed by atoms with Crippen LogP contribution in [0.5, 0.6) is 0 Å². The second-order valence-corrected chi connectivity index (χ2v) is 7.34. The molecular formula is C20H38N4O3. The van der Waals surface area contributed by atoms with Gasteiger partial charge in [-0.1, -0.05) is 25.7 Å². The van der Waals surface area contributed by atoms with Gasteiger partial charge in [0.1, 0.15) is 0 Å². The second kappa shape index (κ2) is 12.8. The largest absolute Gasteiger partial charge is 0.450 e. The summed E-state index contributed by atoms with van der Waals surface area (Å²) < 4.78 is 11.1. The number of guanidine groups is 1. The topological polar surface area (TPSA) is 66.4 Å². The Balaban J connectivity index is 1.56. The number of nitrogens with one attached hydrogen (secondary N) is 1. The molecule has 0 bridgehead atoms. The summed E-state index contributed by atoms with van der Waals surface area (Å²) in [6.07, 6.45) is 10.3. The SMILES string of the molecule is CCOC(=O)N1CCN(C(=NC)NCCCCOC2CCCCCC2)CC1. The highest BCUT2D eigenvalue weighted by molar-refractivity contribution is 5.80. The molecule has 0 aromatic rings. The van der Waals surface area contributed by atoms with Crippen molar-refractivity contribution in [2.75, 3.05) is 53.0 Å². The third-order valence-electron chi connectivity index (χ3n) is 5.33. The van der Waals surface area contributed by atoms with Crippen LogP contribution >= 0.6 is 0 Å². The van der Waals surface area contributed by atoms with Crippen LogP contribution in [-0.2, 0) is 9.47 Å². The Hall–Kier alpha value is -1.50. The highest BCUT2D eigenvalue weighted by Gasteiger charge is 2.23. The fourth-order valence-corrected chi connectivity index (χ4v) is 3.73. The molecule has 2 aliphatic rings. The Labute approximate surface area is 164 Å². The normalized spacial score (nSPS) is 19.7. The molecule has 1 aliphatic carbocycles. The second-order valence-electron chi connectivity index (χ2n) is 7.34. The number of piperazine rings is 1. The van der Waals surface area contributed by atoms with Crippen LogP contribution in [0.3, 0.4) is 0 Å². The minimum atomic E-state index is -0.214. The van der Waals surface area contributed by atoms with Gasteiger partial charge in [-0.3, -0.25) is 4.99 Å². The van der Waals surface area contributed by atoms with Crippen LogP contribution in [0, 0.1) is 0 Å². The van der Waals surface area contributed by atoms with E-state index >= 15 is 0 Å². The maximum atomic E-state index is 11.8. The van der Waals surface area contributed by atoms with Crippen molar-refractivity contribution in [1.82, 2.24) is 15.1 Å². The van der Waals surface area contributed by atoms with E-state index in [2.05, 4.69) is 15.2 Å². The van der Waals surface area contributed by atoms with E-state index < -0.39 is 0 Å². The molecule has 0 spiro atoms. The number of hydrogen-bond acceptors (Lipinski definition) is 4. The first-order valence-corrected chi connectivity index (χ1v) is 10.7. The molecule has 1 amide bonds. The molecule has 156 valence electrons. The van der Waals surface area contributed by atoms with E-state index in [1.165, 1.54) is 38.5 Å². The lowest BCUT2D eigenvalue weighted by atomic mass is 10.1. The van der Waals surface area contributed by atoms with Crippen molar-refractivity contribution in [3.05, 3.63) is 0 Å². The number of hydrogen-bond donors (Lipinski definition) is 1. The lowest BCUT2D eigenvalue weighted by molar-refractivity contribution is 0.0411. The molecule has 2 rings (SSSR count). The highest BCUT2D eigenvalue weighted by atomic mass is 16.6. The van der Waals surface area contributed by atoms with Crippen molar-refractivity contribution in [2.24, 2.45) is 4.99 Å². The monoisotopic (exact) mass is 382 g/mol. The van der Waals surface area contributed by atoms with E-state index in [1.807, 2.05) is 14.0 Å². The molecule has 7 nitrogen and oxygen atoms in total. The quantitative estimate of drug-likeness (QED) is 0.317. The predicted octanol–water partition coefficient (Wildman–Crippen LogP) is 2.86. The summed E-state index contributed by atoms with van der Waals surface area (Å²) in [6.45, 7) is 6.94. The number of ether oxygens (including phenoxy) is 2.